The van der Waals surface area contributed by atoms with Gasteiger partial charge in [0.25, 0.3) is 11.8 Å². The quantitative estimate of drug-likeness (QED) is 0.543. The smallest absolute Gasteiger partial charge is 0.260 e. The molecule has 0 radical (unpaired) electrons. The van der Waals surface area contributed by atoms with Crippen molar-refractivity contribution < 1.29 is 32.2 Å². The van der Waals surface area contributed by atoms with Crippen LogP contribution in [0.2, 0.25) is 0 Å². The van der Waals surface area contributed by atoms with E-state index in [-0.39, 0.29) is 17.4 Å². The molecule has 2 aromatic carbocycles. The predicted molar refractivity (Wildman–Crippen MR) is 142 cm³/mol. The predicted octanol–water partition coefficient (Wildman–Crippen LogP) is 2.85. The van der Waals surface area contributed by atoms with E-state index >= 15 is 0 Å². The van der Waals surface area contributed by atoms with Crippen LogP contribution >= 0.6 is 0 Å². The van der Waals surface area contributed by atoms with E-state index in [1.165, 1.54) is 25.3 Å². The van der Waals surface area contributed by atoms with Crippen molar-refractivity contribution in [2.24, 2.45) is 11.8 Å². The Kier molecular flexibility index (Phi) is 8.91. The number of hydrogen-bond donors (Lipinski definition) is 1. The van der Waals surface area contributed by atoms with Crippen molar-refractivity contribution in [3.8, 4) is 11.5 Å². The zero-order chi connectivity index (χ0) is 27.3. The summed E-state index contributed by atoms with van der Waals surface area (Å²) < 4.78 is 44.0. The number of amides is 2. The molecule has 0 spiro atoms. The molecule has 2 aliphatic rings. The third-order valence-corrected chi connectivity index (χ3v) is 8.57. The van der Waals surface area contributed by atoms with Crippen LogP contribution in [0.1, 0.15) is 30.6 Å². The lowest BCUT2D eigenvalue weighted by Crippen LogP contribution is -2.43. The van der Waals surface area contributed by atoms with Gasteiger partial charge in [0.2, 0.25) is 10.0 Å². The molecule has 2 aromatic rings. The first-order valence-corrected chi connectivity index (χ1v) is 14.2. The summed E-state index contributed by atoms with van der Waals surface area (Å²) in [5, 5.41) is 2.78. The van der Waals surface area contributed by atoms with Crippen LogP contribution in [0.5, 0.6) is 11.5 Å². The van der Waals surface area contributed by atoms with Crippen LogP contribution < -0.4 is 14.8 Å². The molecule has 2 atom stereocenters. The van der Waals surface area contributed by atoms with Gasteiger partial charge in [-0.1, -0.05) is 13.8 Å². The summed E-state index contributed by atoms with van der Waals surface area (Å²) in [4.78, 5) is 27.1. The molecular formula is C27H35N3O7S. The molecule has 38 heavy (non-hydrogen) atoms. The van der Waals surface area contributed by atoms with Gasteiger partial charge < -0.3 is 24.4 Å². The molecule has 4 rings (SSSR count). The summed E-state index contributed by atoms with van der Waals surface area (Å²) in [6, 6.07) is 10.9. The van der Waals surface area contributed by atoms with Gasteiger partial charge in [-0.25, -0.2) is 8.42 Å². The van der Waals surface area contributed by atoms with Crippen LogP contribution in [0, 0.1) is 11.8 Å². The number of carbonyl (C=O) groups is 2. The van der Waals surface area contributed by atoms with Crippen molar-refractivity contribution in [2.45, 2.75) is 25.2 Å². The average molecular weight is 546 g/mol. The Morgan fingerprint density at radius 1 is 1.00 bits per heavy atom. The third kappa shape index (κ3) is 6.64. The maximum Gasteiger partial charge on any atom is 0.260 e. The number of nitrogens with zero attached hydrogens (tertiary/aromatic N) is 2. The van der Waals surface area contributed by atoms with Gasteiger partial charge in [-0.05, 0) is 60.7 Å². The Balaban J connectivity index is 1.38. The minimum absolute atomic E-state index is 0.146. The topological polar surface area (TPSA) is 114 Å². The molecule has 2 amide bonds. The lowest BCUT2D eigenvalue weighted by molar-refractivity contribution is -0.137. The summed E-state index contributed by atoms with van der Waals surface area (Å²) in [6.07, 6.45) is 1.02. The molecule has 0 saturated carbocycles. The van der Waals surface area contributed by atoms with E-state index in [9.17, 15) is 18.0 Å². The van der Waals surface area contributed by atoms with Crippen LogP contribution in [0.15, 0.2) is 47.4 Å². The van der Waals surface area contributed by atoms with Crippen molar-refractivity contribution >= 4 is 27.5 Å². The molecule has 0 aromatic heterocycles. The summed E-state index contributed by atoms with van der Waals surface area (Å²) in [7, 11) is -2.15. The fourth-order valence-corrected chi connectivity index (χ4v) is 6.52. The second-order valence-electron chi connectivity index (χ2n) is 9.89. The zero-order valence-electron chi connectivity index (χ0n) is 22.0. The molecule has 2 aliphatic heterocycles. The largest absolute Gasteiger partial charge is 0.493 e. The van der Waals surface area contributed by atoms with Gasteiger partial charge in [0.15, 0.2) is 18.1 Å². The highest BCUT2D eigenvalue weighted by molar-refractivity contribution is 7.89. The van der Waals surface area contributed by atoms with Gasteiger partial charge in [-0.15, -0.1) is 0 Å². The lowest BCUT2D eigenvalue weighted by atomic mass is 9.94. The number of carbonyl (C=O) groups excluding carboxylic acids is 2. The summed E-state index contributed by atoms with van der Waals surface area (Å²) >= 11 is 0. The maximum atomic E-state index is 13.1. The Hall–Kier alpha value is -3.15. The minimum atomic E-state index is -3.60. The fraction of sp³-hybridized carbons (Fsp3) is 0.481. The first-order valence-electron chi connectivity index (χ1n) is 12.7. The first-order chi connectivity index (χ1) is 18.2. The third-order valence-electron chi connectivity index (χ3n) is 6.73. The standard InChI is InChI=1S/C27H35N3O7S/c1-19-14-20(2)17-30(16-19)38(33,34)23-7-5-22(6-8-23)28-27(32)21-4-9-24(25(15-21)35-3)37-18-26(31)29-10-12-36-13-11-29/h4-9,15,19-20H,10-14,16-18H2,1-3H3,(H,28,32). The number of rotatable bonds is 8. The molecule has 10 nitrogen and oxygen atoms in total. The van der Waals surface area contributed by atoms with E-state index in [2.05, 4.69) is 19.2 Å². The lowest BCUT2D eigenvalue weighted by Gasteiger charge is -2.34. The fourth-order valence-electron chi connectivity index (χ4n) is 4.84. The molecule has 2 unspecified atom stereocenters. The number of ether oxygens (including phenoxy) is 3. The number of methoxy groups -OCH3 is 1. The van der Waals surface area contributed by atoms with E-state index < -0.39 is 15.9 Å². The number of hydrogen-bond acceptors (Lipinski definition) is 7. The second-order valence-corrected chi connectivity index (χ2v) is 11.8. The van der Waals surface area contributed by atoms with Crippen LogP contribution in [0.3, 0.4) is 0 Å². The van der Waals surface area contributed by atoms with Gasteiger partial charge in [-0.3, -0.25) is 9.59 Å². The van der Waals surface area contributed by atoms with Gasteiger partial charge in [-0.2, -0.15) is 4.31 Å². The molecule has 0 aliphatic carbocycles. The molecule has 2 fully saturated rings. The van der Waals surface area contributed by atoms with Crippen LogP contribution in [0.25, 0.3) is 0 Å². The van der Waals surface area contributed by atoms with Crippen LogP contribution in [-0.4, -0.2) is 82.5 Å². The minimum Gasteiger partial charge on any atom is -0.493 e. The molecule has 206 valence electrons. The zero-order valence-corrected chi connectivity index (χ0v) is 22.8. The van der Waals surface area contributed by atoms with Gasteiger partial charge in [0, 0.05) is 37.4 Å². The number of anilines is 1. The number of piperidine rings is 1. The Labute approximate surface area is 223 Å². The van der Waals surface area contributed by atoms with E-state index in [1.807, 2.05) is 0 Å². The van der Waals surface area contributed by atoms with E-state index in [4.69, 9.17) is 14.2 Å². The summed E-state index contributed by atoms with van der Waals surface area (Å²) in [5.41, 5.74) is 0.784. The van der Waals surface area contributed by atoms with Crippen LogP contribution in [0.4, 0.5) is 5.69 Å². The number of benzene rings is 2. The van der Waals surface area contributed by atoms with Crippen molar-refractivity contribution in [3.05, 3.63) is 48.0 Å². The molecule has 11 heteroatoms. The molecule has 2 heterocycles. The maximum absolute atomic E-state index is 13.1. The Morgan fingerprint density at radius 3 is 2.29 bits per heavy atom. The van der Waals surface area contributed by atoms with E-state index in [1.54, 1.807) is 33.5 Å². The number of nitrogens with one attached hydrogen (secondary N) is 1. The monoisotopic (exact) mass is 545 g/mol. The molecule has 1 N–H and O–H groups in total. The van der Waals surface area contributed by atoms with Crippen molar-refractivity contribution in [1.29, 1.82) is 0 Å². The van der Waals surface area contributed by atoms with Crippen molar-refractivity contribution in [1.82, 2.24) is 9.21 Å². The number of morpholine rings is 1. The number of sulfonamides is 1. The summed E-state index contributed by atoms with van der Waals surface area (Å²) in [6.45, 7) is 7.08. The van der Waals surface area contributed by atoms with E-state index in [0.717, 1.165) is 6.42 Å². The Bertz CT molecular complexity index is 1230. The van der Waals surface area contributed by atoms with Crippen molar-refractivity contribution in [2.75, 3.05) is 58.4 Å². The van der Waals surface area contributed by atoms with Gasteiger partial charge in [0.05, 0.1) is 25.2 Å². The van der Waals surface area contributed by atoms with Crippen molar-refractivity contribution in [3.63, 3.8) is 0 Å². The molecular weight excluding hydrogens is 510 g/mol. The molecule has 2 saturated heterocycles. The molecule has 0 bridgehead atoms. The van der Waals surface area contributed by atoms with Gasteiger partial charge in [0.1, 0.15) is 0 Å². The highest BCUT2D eigenvalue weighted by Crippen LogP contribution is 2.29. The second kappa shape index (κ2) is 12.1. The Morgan fingerprint density at radius 2 is 1.66 bits per heavy atom. The van der Waals surface area contributed by atoms with Crippen LogP contribution in [-0.2, 0) is 19.6 Å². The summed E-state index contributed by atoms with van der Waals surface area (Å²) in [5.74, 6) is 0.748. The van der Waals surface area contributed by atoms with Gasteiger partial charge >= 0.3 is 0 Å². The SMILES string of the molecule is COc1cc(C(=O)Nc2ccc(S(=O)(=O)N3CC(C)CC(C)C3)cc2)ccc1OCC(=O)N1CCOCC1. The van der Waals surface area contributed by atoms with E-state index in [0.29, 0.717) is 74.0 Å². The first kappa shape index (κ1) is 27.9. The highest BCUT2D eigenvalue weighted by Gasteiger charge is 2.31. The average Bonchev–Trinajstić information content (AvgIpc) is 2.91. The normalized spacial score (nSPS) is 20.6. The highest BCUT2D eigenvalue weighted by atomic mass is 32.2.